The number of aromatic nitrogens is 4. The first-order chi connectivity index (χ1) is 18.1. The zero-order valence-corrected chi connectivity index (χ0v) is 20.7. The standard InChI is InChI=1S/C27H23ClN6O3/c1-16-23(26(35)31-20-8-6-19(28)7-9-20)24(17-5-10-21-22(14-17)37-13-3-12-36-21)34-27(30-16)32-25(33-34)18-4-2-11-29-15-18/h2,4-11,14-15,24H,3,12-13H2,1H3,(H,31,35)(H,30,32,33). The van der Waals surface area contributed by atoms with Gasteiger partial charge in [-0.15, -0.1) is 5.10 Å². The Morgan fingerprint density at radius 1 is 1.11 bits per heavy atom. The van der Waals surface area contributed by atoms with Gasteiger partial charge < -0.3 is 20.1 Å². The summed E-state index contributed by atoms with van der Waals surface area (Å²) in [6.45, 7) is 3.01. The van der Waals surface area contributed by atoms with E-state index >= 15 is 0 Å². The Morgan fingerprint density at radius 3 is 2.70 bits per heavy atom. The van der Waals surface area contributed by atoms with Crippen LogP contribution < -0.4 is 20.1 Å². The molecule has 0 aliphatic carbocycles. The second-order valence-electron chi connectivity index (χ2n) is 8.73. The predicted octanol–water partition coefficient (Wildman–Crippen LogP) is 5.08. The molecule has 2 aliphatic rings. The number of fused-ring (bicyclic) bond motifs is 2. The van der Waals surface area contributed by atoms with Crippen LogP contribution in [0.15, 0.2) is 78.3 Å². The van der Waals surface area contributed by atoms with Crippen LogP contribution in [0.4, 0.5) is 11.6 Å². The van der Waals surface area contributed by atoms with Crippen molar-refractivity contribution < 1.29 is 14.3 Å². The fourth-order valence-corrected chi connectivity index (χ4v) is 4.58. The summed E-state index contributed by atoms with van der Waals surface area (Å²) in [6, 6.07) is 15.9. The van der Waals surface area contributed by atoms with E-state index in [4.69, 9.17) is 31.2 Å². The van der Waals surface area contributed by atoms with Gasteiger partial charge in [-0.25, -0.2) is 4.68 Å². The van der Waals surface area contributed by atoms with Crippen molar-refractivity contribution in [1.82, 2.24) is 19.7 Å². The van der Waals surface area contributed by atoms with Gasteiger partial charge in [-0.05, 0) is 61.0 Å². The van der Waals surface area contributed by atoms with Gasteiger partial charge in [-0.2, -0.15) is 4.98 Å². The summed E-state index contributed by atoms with van der Waals surface area (Å²) in [5.74, 6) is 2.07. The molecular formula is C27H23ClN6O3. The van der Waals surface area contributed by atoms with Crippen molar-refractivity contribution in [2.45, 2.75) is 19.4 Å². The Hall–Kier alpha value is -4.37. The molecule has 10 heteroatoms. The van der Waals surface area contributed by atoms with E-state index < -0.39 is 6.04 Å². The van der Waals surface area contributed by atoms with Gasteiger partial charge in [0, 0.05) is 40.8 Å². The molecule has 0 saturated heterocycles. The minimum atomic E-state index is -0.571. The van der Waals surface area contributed by atoms with Crippen LogP contribution in [0.3, 0.4) is 0 Å². The summed E-state index contributed by atoms with van der Waals surface area (Å²) in [6.07, 6.45) is 4.20. The Kier molecular flexibility index (Phi) is 5.97. The third kappa shape index (κ3) is 4.49. The number of nitrogens with one attached hydrogen (secondary N) is 2. The number of carbonyl (C=O) groups excluding carboxylic acids is 1. The number of hydrogen-bond donors (Lipinski definition) is 2. The molecule has 4 aromatic rings. The fourth-order valence-electron chi connectivity index (χ4n) is 4.45. The van der Waals surface area contributed by atoms with Crippen molar-refractivity contribution in [2.24, 2.45) is 0 Å². The van der Waals surface area contributed by atoms with Gasteiger partial charge in [0.1, 0.15) is 6.04 Å². The number of allylic oxidation sites excluding steroid dienone is 1. The van der Waals surface area contributed by atoms with Crippen molar-refractivity contribution in [2.75, 3.05) is 23.8 Å². The SMILES string of the molecule is CC1=C(C(=O)Nc2ccc(Cl)cc2)C(c2ccc3c(c2)OCCCO3)n2nc(-c3cccnc3)nc2N1. The highest BCUT2D eigenvalue weighted by Crippen LogP contribution is 2.40. The third-order valence-electron chi connectivity index (χ3n) is 6.21. The normalized spacial score (nSPS) is 16.4. The third-order valence-corrected chi connectivity index (χ3v) is 6.46. The molecule has 186 valence electrons. The van der Waals surface area contributed by atoms with E-state index in [9.17, 15) is 4.79 Å². The lowest BCUT2D eigenvalue weighted by molar-refractivity contribution is -0.113. The Morgan fingerprint density at radius 2 is 1.92 bits per heavy atom. The molecule has 2 aliphatic heterocycles. The Balaban J connectivity index is 1.45. The number of hydrogen-bond acceptors (Lipinski definition) is 7. The smallest absolute Gasteiger partial charge is 0.255 e. The summed E-state index contributed by atoms with van der Waals surface area (Å²) in [5, 5.41) is 11.6. The lowest BCUT2D eigenvalue weighted by Crippen LogP contribution is -2.31. The molecule has 4 heterocycles. The van der Waals surface area contributed by atoms with Gasteiger partial charge in [0.25, 0.3) is 5.91 Å². The summed E-state index contributed by atoms with van der Waals surface area (Å²) >= 11 is 6.02. The summed E-state index contributed by atoms with van der Waals surface area (Å²) in [4.78, 5) is 22.6. The van der Waals surface area contributed by atoms with Crippen LogP contribution in [0.25, 0.3) is 11.4 Å². The fraction of sp³-hybridized carbons (Fsp3) is 0.185. The van der Waals surface area contributed by atoms with Crippen LogP contribution >= 0.6 is 11.6 Å². The lowest BCUT2D eigenvalue weighted by atomic mass is 9.94. The molecule has 0 bridgehead atoms. The van der Waals surface area contributed by atoms with Crippen molar-refractivity contribution in [3.05, 3.63) is 88.8 Å². The monoisotopic (exact) mass is 514 g/mol. The molecule has 1 unspecified atom stereocenters. The topological polar surface area (TPSA) is 103 Å². The van der Waals surface area contributed by atoms with Crippen molar-refractivity contribution in [1.29, 1.82) is 0 Å². The van der Waals surface area contributed by atoms with Crippen molar-refractivity contribution in [3.63, 3.8) is 0 Å². The highest BCUT2D eigenvalue weighted by atomic mass is 35.5. The number of amides is 1. The maximum Gasteiger partial charge on any atom is 0.255 e. The van der Waals surface area contributed by atoms with Crippen LogP contribution in [0, 0.1) is 0 Å². The van der Waals surface area contributed by atoms with E-state index in [1.165, 1.54) is 0 Å². The molecule has 2 N–H and O–H groups in total. The summed E-state index contributed by atoms with van der Waals surface area (Å²) in [5.41, 5.74) is 3.39. The van der Waals surface area contributed by atoms with Gasteiger partial charge in [0.2, 0.25) is 5.95 Å². The van der Waals surface area contributed by atoms with Crippen molar-refractivity contribution >= 4 is 29.1 Å². The molecule has 1 amide bonds. The number of anilines is 2. The highest BCUT2D eigenvalue weighted by molar-refractivity contribution is 6.30. The van der Waals surface area contributed by atoms with Gasteiger partial charge in [0.15, 0.2) is 17.3 Å². The zero-order chi connectivity index (χ0) is 25.4. The number of carbonyl (C=O) groups is 1. The second kappa shape index (κ2) is 9.59. The van der Waals surface area contributed by atoms with E-state index in [0.717, 1.165) is 17.5 Å². The van der Waals surface area contributed by atoms with Gasteiger partial charge in [-0.1, -0.05) is 17.7 Å². The first kappa shape index (κ1) is 23.1. The number of benzene rings is 2. The number of ether oxygens (including phenoxy) is 2. The largest absolute Gasteiger partial charge is 0.490 e. The number of halogens is 1. The maximum absolute atomic E-state index is 13.7. The minimum Gasteiger partial charge on any atom is -0.490 e. The quantitative estimate of drug-likeness (QED) is 0.391. The molecule has 0 saturated carbocycles. The molecular weight excluding hydrogens is 492 g/mol. The first-order valence-electron chi connectivity index (χ1n) is 11.9. The van der Waals surface area contributed by atoms with Crippen LogP contribution in [0.1, 0.15) is 24.9 Å². The molecule has 2 aromatic heterocycles. The Bertz CT molecular complexity index is 1500. The van der Waals surface area contributed by atoms with Gasteiger partial charge in [0.05, 0.1) is 18.8 Å². The highest BCUT2D eigenvalue weighted by Gasteiger charge is 2.35. The molecule has 0 spiro atoms. The van der Waals surface area contributed by atoms with E-state index in [2.05, 4.69) is 15.6 Å². The molecule has 0 fully saturated rings. The van der Waals surface area contributed by atoms with Crippen LogP contribution in [0.2, 0.25) is 5.02 Å². The summed E-state index contributed by atoms with van der Waals surface area (Å²) in [7, 11) is 0. The predicted molar refractivity (Wildman–Crippen MR) is 140 cm³/mol. The minimum absolute atomic E-state index is 0.270. The van der Waals surface area contributed by atoms with Crippen LogP contribution in [-0.4, -0.2) is 38.9 Å². The van der Waals surface area contributed by atoms with Gasteiger partial charge in [-0.3, -0.25) is 9.78 Å². The van der Waals surface area contributed by atoms with E-state index in [1.807, 2.05) is 37.3 Å². The lowest BCUT2D eigenvalue weighted by Gasteiger charge is -2.29. The molecule has 1 atom stereocenters. The number of pyridine rings is 1. The number of rotatable bonds is 4. The zero-order valence-electron chi connectivity index (χ0n) is 19.9. The average Bonchev–Trinajstić information content (AvgIpc) is 3.19. The van der Waals surface area contributed by atoms with Gasteiger partial charge >= 0.3 is 0 Å². The average molecular weight is 515 g/mol. The van der Waals surface area contributed by atoms with Crippen LogP contribution in [-0.2, 0) is 4.79 Å². The van der Waals surface area contributed by atoms with E-state index in [1.54, 1.807) is 41.3 Å². The first-order valence-corrected chi connectivity index (χ1v) is 12.3. The maximum atomic E-state index is 13.7. The summed E-state index contributed by atoms with van der Waals surface area (Å²) < 4.78 is 13.5. The molecule has 2 aromatic carbocycles. The Labute approximate surface area is 218 Å². The van der Waals surface area contributed by atoms with Crippen molar-refractivity contribution in [3.8, 4) is 22.9 Å². The molecule has 37 heavy (non-hydrogen) atoms. The molecule has 9 nitrogen and oxygen atoms in total. The van der Waals surface area contributed by atoms with E-state index in [0.29, 0.717) is 58.5 Å². The molecule has 6 rings (SSSR count). The van der Waals surface area contributed by atoms with Crippen LogP contribution in [0.5, 0.6) is 11.5 Å². The van der Waals surface area contributed by atoms with E-state index in [-0.39, 0.29) is 5.91 Å². The number of nitrogens with zero attached hydrogens (tertiary/aromatic N) is 4. The molecule has 0 radical (unpaired) electrons. The second-order valence-corrected chi connectivity index (χ2v) is 9.17.